The van der Waals surface area contributed by atoms with Gasteiger partial charge in [0.15, 0.2) is 0 Å². The molecule has 6 heteroatoms. The summed E-state index contributed by atoms with van der Waals surface area (Å²) in [5, 5.41) is 3.77. The smallest absolute Gasteiger partial charge is 0.261 e. The first-order valence-electron chi connectivity index (χ1n) is 13.4. The largest absolute Gasteiger partial charge is 0.407 e. The summed E-state index contributed by atoms with van der Waals surface area (Å²) in [6.45, 7) is 26.0. The Kier molecular flexibility index (Phi) is 9.13. The van der Waals surface area contributed by atoms with Gasteiger partial charge in [-0.3, -0.25) is 0 Å². The van der Waals surface area contributed by atoms with Crippen LogP contribution in [0.2, 0.25) is 24.7 Å². The third kappa shape index (κ3) is 6.36. The zero-order valence-electron chi connectivity index (χ0n) is 24.4. The Morgan fingerprint density at radius 1 is 0.946 bits per heavy atom. The molecule has 0 saturated carbocycles. The summed E-state index contributed by atoms with van der Waals surface area (Å²) < 4.78 is 22.7. The van der Waals surface area contributed by atoms with Gasteiger partial charge in [-0.15, -0.1) is 0 Å². The molecule has 1 aliphatic heterocycles. The monoisotopic (exact) mass is 553 g/mol. The lowest BCUT2D eigenvalue weighted by Gasteiger charge is -2.43. The Hall–Kier alpha value is -1.58. The number of rotatable bonds is 9. The Morgan fingerprint density at radius 2 is 1.43 bits per heavy atom. The molecule has 0 bridgehead atoms. The van der Waals surface area contributed by atoms with E-state index < -0.39 is 27.4 Å². The van der Waals surface area contributed by atoms with E-state index in [0.29, 0.717) is 13.2 Å². The molecule has 3 nitrogen and oxygen atoms in total. The number of hydrogen-bond donors (Lipinski definition) is 0. The maximum absolute atomic E-state index is 13.6. The lowest BCUT2D eigenvalue weighted by atomic mass is 10.1. The molecule has 0 aliphatic carbocycles. The molecule has 0 spiro atoms. The van der Waals surface area contributed by atoms with Crippen LogP contribution >= 0.6 is 0 Å². The maximum atomic E-state index is 13.6. The minimum Gasteiger partial charge on any atom is -0.407 e. The lowest BCUT2D eigenvalue weighted by Crippen LogP contribution is -2.66. The van der Waals surface area contributed by atoms with Crippen molar-refractivity contribution in [1.29, 1.82) is 0 Å². The Morgan fingerprint density at radius 3 is 1.84 bits per heavy atom. The van der Waals surface area contributed by atoms with Crippen molar-refractivity contribution in [2.75, 3.05) is 13.2 Å². The molecule has 202 valence electrons. The van der Waals surface area contributed by atoms with Crippen LogP contribution in [0.5, 0.6) is 0 Å². The predicted molar refractivity (Wildman–Crippen MR) is 167 cm³/mol. The van der Waals surface area contributed by atoms with Crippen LogP contribution in [0.3, 0.4) is 0 Å². The molecule has 2 aromatic carbocycles. The van der Waals surface area contributed by atoms with Crippen molar-refractivity contribution >= 4 is 37.8 Å². The van der Waals surface area contributed by atoms with Crippen molar-refractivity contribution in [2.45, 2.75) is 83.4 Å². The summed E-state index contributed by atoms with van der Waals surface area (Å²) in [7, 11) is -5.34. The van der Waals surface area contributed by atoms with Crippen LogP contribution in [0.1, 0.15) is 48.0 Å². The highest BCUT2D eigenvalue weighted by atomic mass is 32.2. The molecular weight excluding hydrogens is 507 g/mol. The van der Waals surface area contributed by atoms with E-state index in [4.69, 9.17) is 4.43 Å². The second-order valence-electron chi connectivity index (χ2n) is 13.2. The predicted octanol–water partition coefficient (Wildman–Crippen LogP) is 6.46. The van der Waals surface area contributed by atoms with E-state index in [0.717, 1.165) is 6.42 Å². The van der Waals surface area contributed by atoms with Gasteiger partial charge in [0, 0.05) is 19.2 Å². The molecule has 0 radical (unpaired) electrons. The molecule has 37 heavy (non-hydrogen) atoms. The maximum Gasteiger partial charge on any atom is 0.261 e. The fourth-order valence-corrected chi connectivity index (χ4v) is 12.4. The number of benzene rings is 2. The Balaban J connectivity index is 1.99. The van der Waals surface area contributed by atoms with E-state index in [1.165, 1.54) is 21.1 Å². The third-order valence-electron chi connectivity index (χ3n) is 7.32. The molecule has 2 aromatic rings. The van der Waals surface area contributed by atoms with Gasteiger partial charge >= 0.3 is 0 Å². The summed E-state index contributed by atoms with van der Waals surface area (Å²) in [5.74, 6) is 0. The molecule has 0 fully saturated rings. The van der Waals surface area contributed by atoms with Crippen molar-refractivity contribution < 1.29 is 8.63 Å². The molecule has 2 atom stereocenters. The Labute approximate surface area is 230 Å². The van der Waals surface area contributed by atoms with E-state index in [9.17, 15) is 4.21 Å². The second kappa shape index (κ2) is 11.3. The molecule has 3 rings (SSSR count). The van der Waals surface area contributed by atoms with Crippen LogP contribution < -0.4 is 10.4 Å². The van der Waals surface area contributed by atoms with Gasteiger partial charge in [0.05, 0.1) is 12.8 Å². The molecule has 0 N–H and O–H groups in total. The first-order valence-corrected chi connectivity index (χ1v) is 20.0. The van der Waals surface area contributed by atoms with Crippen molar-refractivity contribution in [3.05, 3.63) is 84.1 Å². The van der Waals surface area contributed by atoms with Crippen molar-refractivity contribution in [3.63, 3.8) is 0 Å². The van der Waals surface area contributed by atoms with Gasteiger partial charge < -0.3 is 4.43 Å². The topological polar surface area (TPSA) is 29.5 Å². The summed E-state index contributed by atoms with van der Waals surface area (Å²) >= 11 is 0. The lowest BCUT2D eigenvalue weighted by molar-refractivity contribution is 0.261. The summed E-state index contributed by atoms with van der Waals surface area (Å²) in [6, 6.07) is 21.6. The highest BCUT2D eigenvalue weighted by molar-refractivity contribution is 7.84. The zero-order chi connectivity index (χ0) is 27.6. The van der Waals surface area contributed by atoms with Crippen LogP contribution in [-0.4, -0.2) is 48.8 Å². The minimum absolute atomic E-state index is 0.0532. The zero-order valence-corrected chi connectivity index (χ0v) is 27.2. The SMILES string of the molecule is C=C(C1=CCN([S@](=O)C(C)(C)C)[C@@H]1CCO[Si](c1ccccc1)(c1ccccc1)C(C)(C)C)[Si](C)(C)C. The fraction of sp³-hybridized carbons (Fsp3) is 0.484. The highest BCUT2D eigenvalue weighted by Gasteiger charge is 2.50. The summed E-state index contributed by atoms with van der Waals surface area (Å²) in [6.07, 6.45) is 3.07. The molecule has 0 saturated heterocycles. The normalized spacial score (nSPS) is 18.5. The first kappa shape index (κ1) is 30.0. The third-order valence-corrected chi connectivity index (χ3v) is 16.3. The van der Waals surface area contributed by atoms with Gasteiger partial charge in [-0.1, -0.05) is 119 Å². The molecule has 0 aromatic heterocycles. The molecular formula is C31H47NO2SSi2. The van der Waals surface area contributed by atoms with E-state index in [2.05, 4.69) is 139 Å². The average Bonchev–Trinajstić information content (AvgIpc) is 3.23. The van der Waals surface area contributed by atoms with Crippen molar-refractivity contribution in [2.24, 2.45) is 0 Å². The van der Waals surface area contributed by atoms with Gasteiger partial charge in [-0.05, 0) is 48.2 Å². The quantitative estimate of drug-likeness (QED) is 0.334. The van der Waals surface area contributed by atoms with Crippen LogP contribution in [0.25, 0.3) is 0 Å². The Bertz CT molecular complexity index is 1090. The second-order valence-corrected chi connectivity index (χ2v) is 24.8. The van der Waals surface area contributed by atoms with E-state index in [1.807, 2.05) is 0 Å². The highest BCUT2D eigenvalue weighted by Crippen LogP contribution is 2.38. The molecule has 0 amide bonds. The molecule has 1 aliphatic rings. The van der Waals surface area contributed by atoms with Crippen LogP contribution in [0, 0.1) is 0 Å². The van der Waals surface area contributed by atoms with E-state index in [-0.39, 0.29) is 15.8 Å². The number of hydrogen-bond acceptors (Lipinski definition) is 2. The first-order chi connectivity index (χ1) is 17.1. The van der Waals surface area contributed by atoms with Crippen molar-refractivity contribution in [1.82, 2.24) is 4.31 Å². The van der Waals surface area contributed by atoms with Gasteiger partial charge in [-0.2, -0.15) is 0 Å². The average molecular weight is 554 g/mol. The van der Waals surface area contributed by atoms with Crippen LogP contribution in [-0.2, 0) is 15.4 Å². The number of nitrogens with zero attached hydrogens (tertiary/aromatic N) is 1. The standard InChI is InChI=1S/C31H47NO2SSi2/c1-25(36(8,9)10)28-21-23-32(35(33)30(2,3)4)29(28)22-24-34-37(31(5,6)7,26-17-13-11-14-18-26)27-19-15-12-16-20-27/h11-21,29H,1,22-24H2,2-10H3/t29-,35-/m1/s1. The van der Waals surface area contributed by atoms with Gasteiger partial charge in [0.1, 0.15) is 11.0 Å². The van der Waals surface area contributed by atoms with Crippen LogP contribution in [0.4, 0.5) is 0 Å². The fourth-order valence-electron chi connectivity index (χ4n) is 5.28. The van der Waals surface area contributed by atoms with Gasteiger partial charge in [-0.25, -0.2) is 8.51 Å². The van der Waals surface area contributed by atoms with Crippen LogP contribution in [0.15, 0.2) is 84.1 Å². The summed E-state index contributed by atoms with van der Waals surface area (Å²) in [4.78, 5) is 0. The van der Waals surface area contributed by atoms with Crippen molar-refractivity contribution in [3.8, 4) is 0 Å². The minimum atomic E-state index is -2.62. The molecule has 1 heterocycles. The van der Waals surface area contributed by atoms with E-state index >= 15 is 0 Å². The molecule has 0 unspecified atom stereocenters. The van der Waals surface area contributed by atoms with Gasteiger partial charge in [0.2, 0.25) is 0 Å². The van der Waals surface area contributed by atoms with E-state index in [1.54, 1.807) is 0 Å². The van der Waals surface area contributed by atoms with Gasteiger partial charge in [0.25, 0.3) is 8.32 Å². The summed E-state index contributed by atoms with van der Waals surface area (Å²) in [5.41, 5.74) is 1.28.